The average Bonchev–Trinajstić information content (AvgIpc) is 3.33. The lowest BCUT2D eigenvalue weighted by atomic mass is 10.0. The summed E-state index contributed by atoms with van der Waals surface area (Å²) < 4.78 is 0. The number of aromatic nitrogens is 1. The molecule has 0 saturated heterocycles. The van der Waals surface area contributed by atoms with Crippen LogP contribution < -0.4 is 21.7 Å². The number of hydrogen-bond acceptors (Lipinski definition) is 6. The molecule has 3 aromatic rings. The maximum atomic E-state index is 13.6. The number of para-hydroxylation sites is 1. The summed E-state index contributed by atoms with van der Waals surface area (Å²) in [4.78, 5) is 54.5. The van der Waals surface area contributed by atoms with Crippen LogP contribution in [0.1, 0.15) is 31.4 Å². The van der Waals surface area contributed by atoms with Gasteiger partial charge in [0.2, 0.25) is 17.7 Å². The number of carboxylic acids is 1. The first-order chi connectivity index (χ1) is 19.1. The van der Waals surface area contributed by atoms with Gasteiger partial charge in [0.25, 0.3) is 0 Å². The lowest BCUT2D eigenvalue weighted by molar-refractivity contribution is -0.141. The number of carbonyl (C=O) groups is 4. The van der Waals surface area contributed by atoms with Gasteiger partial charge in [0, 0.05) is 35.7 Å². The molecule has 40 heavy (non-hydrogen) atoms. The molecule has 4 unspecified atom stereocenters. The molecule has 11 heteroatoms. The van der Waals surface area contributed by atoms with E-state index in [2.05, 4.69) is 33.6 Å². The van der Waals surface area contributed by atoms with Crippen LogP contribution in [0.2, 0.25) is 0 Å². The van der Waals surface area contributed by atoms with Crippen LogP contribution in [0, 0.1) is 5.92 Å². The number of aromatic amines is 1. The van der Waals surface area contributed by atoms with Gasteiger partial charge in [-0.2, -0.15) is 12.6 Å². The van der Waals surface area contributed by atoms with Crippen molar-refractivity contribution in [3.8, 4) is 0 Å². The SMILES string of the molecule is CC(C)CC(N)C(=O)NC(Cc1ccccc1)C(=O)NC(Cc1c[nH]c2ccccc12)C(=O)NC(CS)C(=O)O. The zero-order chi connectivity index (χ0) is 29.2. The molecule has 3 rings (SSSR count). The van der Waals surface area contributed by atoms with E-state index in [0.717, 1.165) is 22.0 Å². The largest absolute Gasteiger partial charge is 0.480 e. The molecule has 214 valence electrons. The number of carbonyl (C=O) groups excluding carboxylic acids is 3. The van der Waals surface area contributed by atoms with Gasteiger partial charge in [0.05, 0.1) is 6.04 Å². The molecule has 0 aliphatic carbocycles. The Bertz CT molecular complexity index is 1310. The van der Waals surface area contributed by atoms with Crippen molar-refractivity contribution >= 4 is 47.2 Å². The third kappa shape index (κ3) is 8.59. The average molecular weight is 568 g/mol. The third-order valence-electron chi connectivity index (χ3n) is 6.51. The van der Waals surface area contributed by atoms with Gasteiger partial charge in [0.1, 0.15) is 18.1 Å². The number of nitrogens with two attached hydrogens (primary N) is 1. The Morgan fingerprint density at radius 3 is 2.05 bits per heavy atom. The summed E-state index contributed by atoms with van der Waals surface area (Å²) in [6, 6.07) is 12.5. The molecule has 2 aromatic carbocycles. The fraction of sp³-hybridized carbons (Fsp3) is 0.379. The first-order valence-corrected chi connectivity index (χ1v) is 13.8. The predicted molar refractivity (Wildman–Crippen MR) is 157 cm³/mol. The Morgan fingerprint density at radius 2 is 1.43 bits per heavy atom. The van der Waals surface area contributed by atoms with Crippen molar-refractivity contribution in [3.63, 3.8) is 0 Å². The molecular formula is C29H37N5O5S. The van der Waals surface area contributed by atoms with Gasteiger partial charge in [-0.1, -0.05) is 62.4 Å². The molecule has 0 saturated carbocycles. The Labute approximate surface area is 238 Å². The zero-order valence-corrected chi connectivity index (χ0v) is 23.5. The molecule has 7 N–H and O–H groups in total. The molecule has 0 bridgehead atoms. The quantitative estimate of drug-likeness (QED) is 0.147. The number of fused-ring (bicyclic) bond motifs is 1. The summed E-state index contributed by atoms with van der Waals surface area (Å²) in [6.07, 6.45) is 2.44. The van der Waals surface area contributed by atoms with E-state index in [1.165, 1.54) is 0 Å². The van der Waals surface area contributed by atoms with Crippen LogP contribution in [0.15, 0.2) is 60.8 Å². The number of amides is 3. The second kappa shape index (κ2) is 14.5. The van der Waals surface area contributed by atoms with Gasteiger partial charge in [-0.05, 0) is 29.5 Å². The first-order valence-electron chi connectivity index (χ1n) is 13.2. The van der Waals surface area contributed by atoms with Crippen molar-refractivity contribution in [2.45, 2.75) is 57.3 Å². The number of benzene rings is 2. The van der Waals surface area contributed by atoms with Crippen molar-refractivity contribution < 1.29 is 24.3 Å². The molecular weight excluding hydrogens is 530 g/mol. The molecule has 0 fully saturated rings. The van der Waals surface area contributed by atoms with E-state index < -0.39 is 47.9 Å². The molecule has 0 spiro atoms. The molecule has 4 atom stereocenters. The number of rotatable bonds is 14. The smallest absolute Gasteiger partial charge is 0.327 e. The monoisotopic (exact) mass is 567 g/mol. The summed E-state index contributed by atoms with van der Waals surface area (Å²) >= 11 is 4.03. The van der Waals surface area contributed by atoms with E-state index in [1.54, 1.807) is 6.20 Å². The highest BCUT2D eigenvalue weighted by Gasteiger charge is 2.31. The van der Waals surface area contributed by atoms with Gasteiger partial charge in [0.15, 0.2) is 0 Å². The van der Waals surface area contributed by atoms with E-state index in [1.807, 2.05) is 68.4 Å². The van der Waals surface area contributed by atoms with Gasteiger partial charge in [-0.25, -0.2) is 4.79 Å². The van der Waals surface area contributed by atoms with Crippen LogP contribution in [0.3, 0.4) is 0 Å². The number of hydrogen-bond donors (Lipinski definition) is 7. The van der Waals surface area contributed by atoms with Gasteiger partial charge in [-0.15, -0.1) is 0 Å². The van der Waals surface area contributed by atoms with Crippen LogP contribution in [0.4, 0.5) is 0 Å². The van der Waals surface area contributed by atoms with Crippen molar-refractivity contribution in [3.05, 3.63) is 71.9 Å². The molecule has 3 amide bonds. The van der Waals surface area contributed by atoms with Crippen LogP contribution in [-0.4, -0.2) is 63.7 Å². The fourth-order valence-corrected chi connectivity index (χ4v) is 4.66. The minimum atomic E-state index is -1.24. The zero-order valence-electron chi connectivity index (χ0n) is 22.6. The van der Waals surface area contributed by atoms with Gasteiger partial charge >= 0.3 is 5.97 Å². The Morgan fingerprint density at radius 1 is 0.850 bits per heavy atom. The molecule has 10 nitrogen and oxygen atoms in total. The molecule has 1 aromatic heterocycles. The summed E-state index contributed by atoms with van der Waals surface area (Å²) in [5.74, 6) is -2.93. The van der Waals surface area contributed by atoms with Crippen LogP contribution >= 0.6 is 12.6 Å². The minimum Gasteiger partial charge on any atom is -0.480 e. The van der Waals surface area contributed by atoms with E-state index in [-0.39, 0.29) is 24.5 Å². The second-order valence-corrected chi connectivity index (χ2v) is 10.6. The highest BCUT2D eigenvalue weighted by Crippen LogP contribution is 2.19. The lowest BCUT2D eigenvalue weighted by Crippen LogP contribution is -2.58. The molecule has 0 aliphatic rings. The van der Waals surface area contributed by atoms with E-state index >= 15 is 0 Å². The lowest BCUT2D eigenvalue weighted by Gasteiger charge is -2.25. The summed E-state index contributed by atoms with van der Waals surface area (Å²) in [7, 11) is 0. The Hall–Kier alpha value is -3.83. The normalized spacial score (nSPS) is 14.2. The molecule has 0 radical (unpaired) electrons. The number of carboxylic acid groups (broad SMARTS) is 1. The highest BCUT2D eigenvalue weighted by molar-refractivity contribution is 7.80. The minimum absolute atomic E-state index is 0.0827. The second-order valence-electron chi connectivity index (χ2n) is 10.2. The van der Waals surface area contributed by atoms with Crippen LogP contribution in [0.5, 0.6) is 0 Å². The van der Waals surface area contributed by atoms with Crippen LogP contribution in [-0.2, 0) is 32.0 Å². The molecule has 0 aliphatic heterocycles. The van der Waals surface area contributed by atoms with Crippen molar-refractivity contribution in [2.24, 2.45) is 11.7 Å². The maximum Gasteiger partial charge on any atom is 0.327 e. The summed E-state index contributed by atoms with van der Waals surface area (Å²) in [5, 5.41) is 18.3. The van der Waals surface area contributed by atoms with E-state index in [4.69, 9.17) is 5.73 Å². The number of H-pyrrole nitrogens is 1. The van der Waals surface area contributed by atoms with Gasteiger partial charge in [-0.3, -0.25) is 14.4 Å². The highest BCUT2D eigenvalue weighted by atomic mass is 32.1. The Kier molecular flexibility index (Phi) is 11.2. The fourth-order valence-electron chi connectivity index (χ4n) is 4.41. The number of aliphatic carboxylic acids is 1. The number of nitrogens with one attached hydrogen (secondary N) is 4. The standard InChI is InChI=1S/C29H37N5O5S/c1-17(2)12-21(30)26(35)32-23(13-18-8-4-3-5-9-18)27(36)33-24(28(37)34-25(16-40)29(38)39)14-19-15-31-22-11-7-6-10-20(19)22/h3-11,15,17,21,23-25,31,40H,12-14,16,30H2,1-2H3,(H,32,35)(H,33,36)(H,34,37)(H,38,39). The van der Waals surface area contributed by atoms with E-state index in [9.17, 15) is 24.3 Å². The van der Waals surface area contributed by atoms with Crippen molar-refractivity contribution in [1.29, 1.82) is 0 Å². The summed E-state index contributed by atoms with van der Waals surface area (Å²) in [6.45, 7) is 3.90. The first kappa shape index (κ1) is 30.7. The third-order valence-corrected chi connectivity index (χ3v) is 6.87. The summed E-state index contributed by atoms with van der Waals surface area (Å²) in [5.41, 5.74) is 8.50. The van der Waals surface area contributed by atoms with E-state index in [0.29, 0.717) is 6.42 Å². The van der Waals surface area contributed by atoms with Gasteiger partial charge < -0.3 is 31.8 Å². The molecule has 1 heterocycles. The van der Waals surface area contributed by atoms with Crippen LogP contribution in [0.25, 0.3) is 10.9 Å². The van der Waals surface area contributed by atoms with Crippen molar-refractivity contribution in [1.82, 2.24) is 20.9 Å². The topological polar surface area (TPSA) is 166 Å². The number of thiol groups is 1. The van der Waals surface area contributed by atoms with Crippen molar-refractivity contribution in [2.75, 3.05) is 5.75 Å². The maximum absolute atomic E-state index is 13.6. The predicted octanol–water partition coefficient (Wildman–Crippen LogP) is 1.80. The Balaban J connectivity index is 1.88.